The molecule has 0 unspecified atom stereocenters. The van der Waals surface area contributed by atoms with E-state index in [0.29, 0.717) is 6.42 Å². The molecule has 2 amide bonds. The molecule has 0 spiro atoms. The summed E-state index contributed by atoms with van der Waals surface area (Å²) in [5.41, 5.74) is 0.420. The average Bonchev–Trinajstić information content (AvgIpc) is 3.16. The topological polar surface area (TPSA) is 76.2 Å². The lowest BCUT2D eigenvalue weighted by Gasteiger charge is -2.43. The van der Waals surface area contributed by atoms with Gasteiger partial charge in [0.15, 0.2) is 5.78 Å². The number of hydrogen-bond donors (Lipinski definition) is 0. The fourth-order valence-corrected chi connectivity index (χ4v) is 4.34. The third kappa shape index (κ3) is 3.73. The van der Waals surface area contributed by atoms with E-state index in [0.717, 1.165) is 5.56 Å². The maximum Gasteiger partial charge on any atom is 0.411 e. The smallest absolute Gasteiger partial charge is 0.411 e. The Morgan fingerprint density at radius 2 is 1.90 bits per heavy atom. The zero-order chi connectivity index (χ0) is 20.8. The zero-order valence-electron chi connectivity index (χ0n) is 16.9. The second kappa shape index (κ2) is 7.21. The summed E-state index contributed by atoms with van der Waals surface area (Å²) in [5, 5.41) is 0. The first-order valence-electron chi connectivity index (χ1n) is 9.96. The molecule has 4 rings (SSSR count). The van der Waals surface area contributed by atoms with Crippen LogP contribution in [0.3, 0.4) is 0 Å². The van der Waals surface area contributed by atoms with Crippen LogP contribution < -0.4 is 0 Å². The number of amides is 2. The SMILES string of the molecule is CC(C)(C)OC(=O)N1[C@@H]2C=C[C@H]1[C@@H](N1C(=O)OC[C@H]1Cc1ccccc1)C(=O)C2. The van der Waals surface area contributed by atoms with Crippen LogP contribution in [0.5, 0.6) is 0 Å². The molecular weight excluding hydrogens is 372 g/mol. The van der Waals surface area contributed by atoms with Gasteiger partial charge in [-0.15, -0.1) is 0 Å². The molecule has 2 fully saturated rings. The van der Waals surface area contributed by atoms with Crippen LogP contribution in [0.2, 0.25) is 0 Å². The Bertz CT molecular complexity index is 845. The highest BCUT2D eigenvalue weighted by atomic mass is 16.6. The molecule has 2 bridgehead atoms. The molecule has 0 saturated carbocycles. The fraction of sp³-hybridized carbons (Fsp3) is 0.500. The van der Waals surface area contributed by atoms with E-state index >= 15 is 0 Å². The maximum atomic E-state index is 13.0. The summed E-state index contributed by atoms with van der Waals surface area (Å²) in [6.45, 7) is 5.64. The molecule has 7 heteroatoms. The van der Waals surface area contributed by atoms with E-state index in [1.807, 2.05) is 42.5 Å². The number of nitrogens with zero attached hydrogens (tertiary/aromatic N) is 2. The van der Waals surface area contributed by atoms with Gasteiger partial charge in [-0.25, -0.2) is 9.59 Å². The molecule has 29 heavy (non-hydrogen) atoms. The van der Waals surface area contributed by atoms with Crippen molar-refractivity contribution in [2.75, 3.05) is 6.61 Å². The molecule has 154 valence electrons. The molecule has 0 N–H and O–H groups in total. The van der Waals surface area contributed by atoms with Crippen LogP contribution in [0.4, 0.5) is 9.59 Å². The van der Waals surface area contributed by atoms with Crippen LogP contribution >= 0.6 is 0 Å². The number of benzene rings is 1. The molecule has 3 aliphatic rings. The van der Waals surface area contributed by atoms with Crippen LogP contribution in [-0.2, 0) is 20.7 Å². The van der Waals surface area contributed by atoms with Crippen molar-refractivity contribution in [2.24, 2.45) is 0 Å². The van der Waals surface area contributed by atoms with E-state index in [9.17, 15) is 14.4 Å². The summed E-state index contributed by atoms with van der Waals surface area (Å²) in [4.78, 5) is 41.5. The summed E-state index contributed by atoms with van der Waals surface area (Å²) >= 11 is 0. The Balaban J connectivity index is 1.60. The summed E-state index contributed by atoms with van der Waals surface area (Å²) in [5.74, 6) is -0.0540. The van der Waals surface area contributed by atoms with E-state index < -0.39 is 29.9 Å². The molecule has 0 radical (unpaired) electrons. The minimum atomic E-state index is -0.763. The number of carbonyl (C=O) groups is 3. The summed E-state index contributed by atoms with van der Waals surface area (Å²) in [6, 6.07) is 7.90. The standard InChI is InChI=1S/C22H26N2O5/c1-22(2,3)29-21(27)23-15-9-10-17(23)19(18(25)12-15)24-16(13-28-20(24)26)11-14-7-5-4-6-8-14/h4-10,15-17,19H,11-13H2,1-3H3/t15-,16-,17+,19-/m1/s1. The van der Waals surface area contributed by atoms with E-state index in [-0.39, 0.29) is 30.9 Å². The highest BCUT2D eigenvalue weighted by molar-refractivity contribution is 5.93. The third-order valence-electron chi connectivity index (χ3n) is 5.49. The molecule has 2 saturated heterocycles. The number of ketones is 1. The highest BCUT2D eigenvalue weighted by Gasteiger charge is 2.53. The molecule has 0 aromatic heterocycles. The van der Waals surface area contributed by atoms with Crippen LogP contribution in [-0.4, -0.2) is 64.1 Å². The van der Waals surface area contributed by atoms with Crippen LogP contribution in [0.15, 0.2) is 42.5 Å². The molecule has 4 atom stereocenters. The lowest BCUT2D eigenvalue weighted by atomic mass is 9.92. The largest absolute Gasteiger partial charge is 0.447 e. The number of piperidine rings is 1. The molecule has 3 heterocycles. The Kier molecular flexibility index (Phi) is 4.84. The summed E-state index contributed by atoms with van der Waals surface area (Å²) < 4.78 is 10.9. The fourth-order valence-electron chi connectivity index (χ4n) is 4.34. The molecule has 1 aromatic rings. The second-order valence-electron chi connectivity index (χ2n) is 8.77. The molecule has 0 aliphatic carbocycles. The predicted molar refractivity (Wildman–Crippen MR) is 105 cm³/mol. The van der Waals surface area contributed by atoms with Crippen molar-refractivity contribution in [3.8, 4) is 0 Å². The lowest BCUT2D eigenvalue weighted by molar-refractivity contribution is -0.129. The van der Waals surface area contributed by atoms with E-state index in [2.05, 4.69) is 0 Å². The first kappa shape index (κ1) is 19.5. The van der Waals surface area contributed by atoms with Gasteiger partial charge in [-0.3, -0.25) is 14.6 Å². The van der Waals surface area contributed by atoms with Crippen LogP contribution in [0.25, 0.3) is 0 Å². The van der Waals surface area contributed by atoms with Crippen molar-refractivity contribution in [2.45, 2.75) is 63.4 Å². The van der Waals surface area contributed by atoms with Crippen molar-refractivity contribution in [3.63, 3.8) is 0 Å². The Labute approximate surface area is 170 Å². The summed E-state index contributed by atoms with van der Waals surface area (Å²) in [6.07, 6.45) is 3.48. The van der Waals surface area contributed by atoms with Crippen LogP contribution in [0.1, 0.15) is 32.8 Å². The van der Waals surface area contributed by atoms with Gasteiger partial charge < -0.3 is 9.47 Å². The van der Waals surface area contributed by atoms with Gasteiger partial charge in [-0.2, -0.15) is 0 Å². The predicted octanol–water partition coefficient (Wildman–Crippen LogP) is 2.94. The van der Waals surface area contributed by atoms with Crippen molar-refractivity contribution in [3.05, 3.63) is 48.0 Å². The van der Waals surface area contributed by atoms with Gasteiger partial charge in [0.1, 0.15) is 18.2 Å². The third-order valence-corrected chi connectivity index (χ3v) is 5.49. The first-order valence-corrected chi connectivity index (χ1v) is 9.96. The number of ether oxygens (including phenoxy) is 2. The van der Waals surface area contributed by atoms with Gasteiger partial charge in [-0.05, 0) is 32.8 Å². The Hall–Kier alpha value is -2.83. The lowest BCUT2D eigenvalue weighted by Crippen LogP contribution is -2.63. The number of cyclic esters (lactones) is 1. The second-order valence-corrected chi connectivity index (χ2v) is 8.77. The van der Waals surface area contributed by atoms with E-state index in [1.54, 1.807) is 25.7 Å². The van der Waals surface area contributed by atoms with Gasteiger partial charge in [0.2, 0.25) is 0 Å². The van der Waals surface area contributed by atoms with Crippen molar-refractivity contribution in [1.29, 1.82) is 0 Å². The Morgan fingerprint density at radius 1 is 1.17 bits per heavy atom. The monoisotopic (exact) mass is 398 g/mol. The van der Waals surface area contributed by atoms with Gasteiger partial charge in [0.05, 0.1) is 18.1 Å². The van der Waals surface area contributed by atoms with Gasteiger partial charge in [0.25, 0.3) is 0 Å². The van der Waals surface area contributed by atoms with Gasteiger partial charge in [-0.1, -0.05) is 42.5 Å². The minimum Gasteiger partial charge on any atom is -0.447 e. The number of fused-ring (bicyclic) bond motifs is 2. The van der Waals surface area contributed by atoms with Crippen molar-refractivity contribution >= 4 is 18.0 Å². The van der Waals surface area contributed by atoms with Gasteiger partial charge >= 0.3 is 12.2 Å². The van der Waals surface area contributed by atoms with Crippen LogP contribution in [0, 0.1) is 0 Å². The van der Waals surface area contributed by atoms with Crippen molar-refractivity contribution < 1.29 is 23.9 Å². The maximum absolute atomic E-state index is 13.0. The highest BCUT2D eigenvalue weighted by Crippen LogP contribution is 2.35. The first-order chi connectivity index (χ1) is 13.7. The van der Waals surface area contributed by atoms with E-state index in [1.165, 1.54) is 4.90 Å². The number of rotatable bonds is 3. The molecular formula is C22H26N2O5. The molecule has 1 aromatic carbocycles. The number of hydrogen-bond acceptors (Lipinski definition) is 5. The molecule has 3 aliphatic heterocycles. The molecule has 7 nitrogen and oxygen atoms in total. The summed E-state index contributed by atoms with van der Waals surface area (Å²) in [7, 11) is 0. The number of Topliss-reactive ketones (excluding diaryl/α,β-unsaturated/α-hetero) is 1. The normalized spacial score (nSPS) is 28.7. The Morgan fingerprint density at radius 3 is 2.59 bits per heavy atom. The number of carbonyl (C=O) groups excluding carboxylic acids is 3. The zero-order valence-corrected chi connectivity index (χ0v) is 16.9. The van der Waals surface area contributed by atoms with E-state index in [4.69, 9.17) is 9.47 Å². The average molecular weight is 398 g/mol. The quantitative estimate of drug-likeness (QED) is 0.732. The van der Waals surface area contributed by atoms with Crippen molar-refractivity contribution in [1.82, 2.24) is 9.80 Å². The minimum absolute atomic E-state index is 0.0540. The van der Waals surface area contributed by atoms with Gasteiger partial charge in [0, 0.05) is 6.42 Å².